The number of carboxylic acids is 3. The third-order valence-electron chi connectivity index (χ3n) is 0.516. The molecule has 6 nitrogen and oxygen atoms in total. The molecule has 0 aromatic rings. The zero-order valence-electron chi connectivity index (χ0n) is 9.18. The Morgan fingerprint density at radius 1 is 0.882 bits per heavy atom. The van der Waals surface area contributed by atoms with Gasteiger partial charge in [-0.25, -0.2) is 9.59 Å². The summed E-state index contributed by atoms with van der Waals surface area (Å²) in [5.74, 6) is -3.19. The Bertz CT molecular complexity index is 221. The predicted molar refractivity (Wildman–Crippen MR) is 50.9 cm³/mol. The molecule has 0 spiro atoms. The molecule has 8 heteroatoms. The second-order valence-corrected chi connectivity index (χ2v) is 1.61. The normalized spacial score (nSPS) is 5.65. The molecule has 0 aromatic carbocycles. The molecule has 0 aromatic heterocycles. The Hall–Kier alpha value is -1.25. The van der Waals surface area contributed by atoms with Crippen LogP contribution in [0.3, 0.4) is 0 Å². The van der Waals surface area contributed by atoms with E-state index in [9.17, 15) is 9.59 Å². The van der Waals surface area contributed by atoms with Gasteiger partial charge in [-0.1, -0.05) is 19.7 Å². The maximum atomic E-state index is 9.25. The average Bonchev–Trinajstić information content (AvgIpc) is 2.19. The minimum Gasteiger partial charge on any atom is -0.545 e. The molecule has 2 N–H and O–H groups in total. The first kappa shape index (κ1) is 29.7. The first-order valence-electron chi connectivity index (χ1n) is 3.35. The number of rotatable bonds is 3. The summed E-state index contributed by atoms with van der Waals surface area (Å²) in [4.78, 5) is 27.6. The van der Waals surface area contributed by atoms with E-state index in [1.807, 2.05) is 0 Å². The van der Waals surface area contributed by atoms with Crippen LogP contribution >= 0.6 is 0 Å². The predicted octanol–water partition coefficient (Wildman–Crippen LogP) is -3.56. The minimum atomic E-state index is -1.23. The third-order valence-corrected chi connectivity index (χ3v) is 0.516. The van der Waals surface area contributed by atoms with Crippen molar-refractivity contribution >= 4 is 17.9 Å². The van der Waals surface area contributed by atoms with Crippen LogP contribution in [0.4, 0.5) is 0 Å². The molecular weight excluding hydrogens is 275 g/mol. The molecule has 0 saturated carbocycles. The van der Waals surface area contributed by atoms with E-state index in [2.05, 4.69) is 19.7 Å². The molecule has 95 valence electrons. The van der Waals surface area contributed by atoms with Crippen molar-refractivity contribution in [2.45, 2.75) is 0 Å². The van der Waals surface area contributed by atoms with E-state index in [1.54, 1.807) is 0 Å². The first-order chi connectivity index (χ1) is 6.81. The third kappa shape index (κ3) is 106. The van der Waals surface area contributed by atoms with Crippen molar-refractivity contribution in [2.24, 2.45) is 0 Å². The summed E-state index contributed by atoms with van der Waals surface area (Å²) in [6.45, 7) is 8.82. The summed E-state index contributed by atoms with van der Waals surface area (Å²) < 4.78 is 0. The maximum Gasteiger partial charge on any atom is 1.00 e. The van der Waals surface area contributed by atoms with E-state index >= 15 is 0 Å². The van der Waals surface area contributed by atoms with Gasteiger partial charge in [-0.3, -0.25) is 0 Å². The fourth-order valence-corrected chi connectivity index (χ4v) is 0. The van der Waals surface area contributed by atoms with Crippen LogP contribution in [0.5, 0.6) is 0 Å². The molecule has 0 aliphatic rings. The van der Waals surface area contributed by atoms with Gasteiger partial charge in [-0.05, 0) is 6.08 Å². The smallest absolute Gasteiger partial charge is 0.545 e. The number of carboxylic acid groups (broad SMARTS) is 3. The first-order valence-corrected chi connectivity index (χ1v) is 3.35. The second kappa shape index (κ2) is 24.1. The molecule has 1 radical (unpaired) electrons. The van der Waals surface area contributed by atoms with E-state index in [0.29, 0.717) is 0 Å². The van der Waals surface area contributed by atoms with Gasteiger partial charge >= 0.3 is 30.8 Å². The van der Waals surface area contributed by atoms with Gasteiger partial charge in [-0.2, -0.15) is 0 Å². The van der Waals surface area contributed by atoms with Gasteiger partial charge in [-0.15, -0.1) is 0 Å². The van der Waals surface area contributed by atoms with Crippen LogP contribution in [0.15, 0.2) is 38.0 Å². The van der Waals surface area contributed by atoms with E-state index in [4.69, 9.17) is 20.1 Å². The Balaban J connectivity index is -0.0000000400. The van der Waals surface area contributed by atoms with Gasteiger partial charge < -0.3 is 20.1 Å². The molecule has 0 fully saturated rings. The van der Waals surface area contributed by atoms with E-state index in [0.717, 1.165) is 18.2 Å². The van der Waals surface area contributed by atoms with Crippen molar-refractivity contribution in [1.82, 2.24) is 0 Å². The SMILES string of the molecule is C=CC(=O)O.C=CC(=O)O.C=CC(=O)[O-].[Cu].[Li+]. The summed E-state index contributed by atoms with van der Waals surface area (Å²) in [5, 5.41) is 24.3. The number of carbonyl (C=O) groups is 3. The molecule has 0 unspecified atom stereocenters. The Labute approximate surface area is 121 Å². The quantitative estimate of drug-likeness (QED) is 0.410. The van der Waals surface area contributed by atoms with Crippen molar-refractivity contribution in [2.75, 3.05) is 0 Å². The van der Waals surface area contributed by atoms with E-state index < -0.39 is 17.9 Å². The molecular formula is C9H11CuLiO6. The molecule has 0 aliphatic carbocycles. The maximum absolute atomic E-state index is 9.25. The molecule has 0 atom stereocenters. The molecule has 0 amide bonds. The molecule has 0 rings (SSSR count). The van der Waals surface area contributed by atoms with E-state index in [-0.39, 0.29) is 35.9 Å². The summed E-state index contributed by atoms with van der Waals surface area (Å²) in [5.41, 5.74) is 0. The number of hydrogen-bond acceptors (Lipinski definition) is 4. The van der Waals surface area contributed by atoms with Crippen LogP contribution in [0.25, 0.3) is 0 Å². The van der Waals surface area contributed by atoms with Crippen molar-refractivity contribution in [3.63, 3.8) is 0 Å². The van der Waals surface area contributed by atoms with Crippen molar-refractivity contribution in [3.8, 4) is 0 Å². The average molecular weight is 286 g/mol. The second-order valence-electron chi connectivity index (χ2n) is 1.61. The molecule has 17 heavy (non-hydrogen) atoms. The standard InChI is InChI=1S/3C3H4O2.Cu.Li/c3*1-2-3(4)5;;/h3*2H,1H2,(H,4,5);;/q;;;;+1/p-1. The van der Waals surface area contributed by atoms with Crippen LogP contribution in [0, 0.1) is 0 Å². The summed E-state index contributed by atoms with van der Waals surface area (Å²) >= 11 is 0. The van der Waals surface area contributed by atoms with Crippen LogP contribution < -0.4 is 24.0 Å². The van der Waals surface area contributed by atoms with Gasteiger partial charge in [0.15, 0.2) is 0 Å². The molecule has 0 saturated heterocycles. The van der Waals surface area contributed by atoms with Crippen LogP contribution in [-0.2, 0) is 31.5 Å². The number of carbonyl (C=O) groups excluding carboxylic acids is 1. The van der Waals surface area contributed by atoms with Gasteiger partial charge in [0.1, 0.15) is 0 Å². The minimum absolute atomic E-state index is 0. The fraction of sp³-hybridized carbons (Fsp3) is 0. The van der Waals surface area contributed by atoms with Crippen LogP contribution in [-0.4, -0.2) is 28.1 Å². The zero-order valence-corrected chi connectivity index (χ0v) is 10.1. The van der Waals surface area contributed by atoms with Crippen LogP contribution in [0.2, 0.25) is 0 Å². The number of aliphatic carboxylic acids is 3. The molecule has 0 aliphatic heterocycles. The van der Waals surface area contributed by atoms with Gasteiger partial charge in [0.05, 0.1) is 5.97 Å². The van der Waals surface area contributed by atoms with Crippen LogP contribution in [0.1, 0.15) is 0 Å². The molecule has 0 heterocycles. The van der Waals surface area contributed by atoms with E-state index in [1.165, 1.54) is 0 Å². The van der Waals surface area contributed by atoms with Crippen molar-refractivity contribution in [3.05, 3.63) is 38.0 Å². The van der Waals surface area contributed by atoms with Gasteiger partial charge in [0.2, 0.25) is 0 Å². The van der Waals surface area contributed by atoms with Crippen molar-refractivity contribution in [1.29, 1.82) is 0 Å². The summed E-state index contributed by atoms with van der Waals surface area (Å²) in [6, 6.07) is 0. The topological polar surface area (TPSA) is 115 Å². The van der Waals surface area contributed by atoms with Crippen molar-refractivity contribution < 1.29 is 65.6 Å². The zero-order chi connectivity index (χ0) is 12.9. The Kier molecular flexibility index (Phi) is 42.1. The number of hydrogen-bond donors (Lipinski definition) is 2. The molecule has 0 bridgehead atoms. The summed E-state index contributed by atoms with van der Waals surface area (Å²) in [6.07, 6.45) is 2.39. The fourth-order valence-electron chi connectivity index (χ4n) is 0. The summed E-state index contributed by atoms with van der Waals surface area (Å²) in [7, 11) is 0. The largest absolute Gasteiger partial charge is 1.00 e. The monoisotopic (exact) mass is 285 g/mol. The Morgan fingerprint density at radius 3 is 1.00 bits per heavy atom. The Morgan fingerprint density at radius 2 is 1.00 bits per heavy atom. The van der Waals surface area contributed by atoms with Gasteiger partial charge in [0.25, 0.3) is 0 Å². The van der Waals surface area contributed by atoms with Gasteiger partial charge in [0, 0.05) is 29.2 Å².